The van der Waals surface area contributed by atoms with Gasteiger partial charge in [-0.2, -0.15) is 0 Å². The van der Waals surface area contributed by atoms with Gasteiger partial charge in [0.15, 0.2) is 0 Å². The first-order chi connectivity index (χ1) is 9.02. The quantitative estimate of drug-likeness (QED) is 0.876. The van der Waals surface area contributed by atoms with Crippen molar-refractivity contribution in [3.8, 4) is 0 Å². The van der Waals surface area contributed by atoms with Gasteiger partial charge in [0.1, 0.15) is 0 Å². The molecular formula is C15H20N2O2. The van der Waals surface area contributed by atoms with Gasteiger partial charge in [0, 0.05) is 18.2 Å². The normalized spacial score (nSPS) is 19.3. The monoisotopic (exact) mass is 260 g/mol. The Bertz CT molecular complexity index is 511. The zero-order chi connectivity index (χ0) is 14.0. The van der Waals surface area contributed by atoms with Gasteiger partial charge >= 0.3 is 0 Å². The Labute approximate surface area is 113 Å². The van der Waals surface area contributed by atoms with E-state index in [0.29, 0.717) is 0 Å². The highest BCUT2D eigenvalue weighted by Gasteiger charge is 2.31. The minimum Gasteiger partial charge on any atom is -0.353 e. The molecule has 2 unspecified atom stereocenters. The molecule has 0 saturated carbocycles. The number of hydrogen-bond donors (Lipinski definition) is 2. The SMILES string of the molecule is CCC(C)NC(=O)C1CC(=O)Nc2c(C)cccc21. The molecule has 0 radical (unpaired) electrons. The lowest BCUT2D eigenvalue weighted by Gasteiger charge is -2.27. The molecule has 19 heavy (non-hydrogen) atoms. The highest BCUT2D eigenvalue weighted by molar-refractivity contribution is 6.01. The molecule has 4 nitrogen and oxygen atoms in total. The molecule has 2 rings (SSSR count). The number of carbonyl (C=O) groups excluding carboxylic acids is 2. The third-order valence-electron chi connectivity index (χ3n) is 3.65. The van der Waals surface area contributed by atoms with Crippen LogP contribution < -0.4 is 10.6 Å². The molecule has 1 heterocycles. The average molecular weight is 260 g/mol. The second-order valence-corrected chi connectivity index (χ2v) is 5.16. The van der Waals surface area contributed by atoms with E-state index in [-0.39, 0.29) is 30.2 Å². The van der Waals surface area contributed by atoms with E-state index < -0.39 is 0 Å². The maximum Gasteiger partial charge on any atom is 0.228 e. The van der Waals surface area contributed by atoms with Crippen LogP contribution in [0.4, 0.5) is 5.69 Å². The van der Waals surface area contributed by atoms with Gasteiger partial charge in [0.25, 0.3) is 0 Å². The van der Waals surface area contributed by atoms with Crippen LogP contribution in [0, 0.1) is 6.92 Å². The summed E-state index contributed by atoms with van der Waals surface area (Å²) in [5, 5.41) is 5.82. The molecule has 0 aliphatic carbocycles. The van der Waals surface area contributed by atoms with Gasteiger partial charge in [-0.25, -0.2) is 0 Å². The molecule has 2 atom stereocenters. The van der Waals surface area contributed by atoms with Crippen LogP contribution in [0.25, 0.3) is 0 Å². The van der Waals surface area contributed by atoms with Crippen LogP contribution in [-0.4, -0.2) is 17.9 Å². The fraction of sp³-hybridized carbons (Fsp3) is 0.467. The molecule has 4 heteroatoms. The Morgan fingerprint density at radius 1 is 1.53 bits per heavy atom. The Morgan fingerprint density at radius 3 is 2.95 bits per heavy atom. The van der Waals surface area contributed by atoms with Crippen molar-refractivity contribution in [3.05, 3.63) is 29.3 Å². The van der Waals surface area contributed by atoms with E-state index in [2.05, 4.69) is 10.6 Å². The summed E-state index contributed by atoms with van der Waals surface area (Å²) < 4.78 is 0. The third kappa shape index (κ3) is 2.78. The minimum atomic E-state index is -0.377. The summed E-state index contributed by atoms with van der Waals surface area (Å²) in [7, 11) is 0. The van der Waals surface area contributed by atoms with E-state index in [1.165, 1.54) is 0 Å². The minimum absolute atomic E-state index is 0.0592. The summed E-state index contributed by atoms with van der Waals surface area (Å²) in [6, 6.07) is 5.91. The van der Waals surface area contributed by atoms with Crippen molar-refractivity contribution in [2.75, 3.05) is 5.32 Å². The van der Waals surface area contributed by atoms with Gasteiger partial charge < -0.3 is 10.6 Å². The van der Waals surface area contributed by atoms with Crippen molar-refractivity contribution >= 4 is 17.5 Å². The first-order valence-corrected chi connectivity index (χ1v) is 6.72. The average Bonchev–Trinajstić information content (AvgIpc) is 2.38. The first kappa shape index (κ1) is 13.6. The second kappa shape index (κ2) is 5.43. The van der Waals surface area contributed by atoms with E-state index in [9.17, 15) is 9.59 Å². The van der Waals surface area contributed by atoms with Gasteiger partial charge in [-0.05, 0) is 31.4 Å². The van der Waals surface area contributed by atoms with E-state index in [4.69, 9.17) is 0 Å². The summed E-state index contributed by atoms with van der Waals surface area (Å²) in [4.78, 5) is 24.1. The van der Waals surface area contributed by atoms with Gasteiger partial charge in [-0.1, -0.05) is 25.1 Å². The Hall–Kier alpha value is -1.84. The zero-order valence-electron chi connectivity index (χ0n) is 11.6. The molecule has 1 aromatic carbocycles. The Balaban J connectivity index is 2.30. The Kier molecular flexibility index (Phi) is 3.88. The predicted octanol–water partition coefficient (Wildman–Crippen LogP) is 2.34. The molecule has 0 spiro atoms. The lowest BCUT2D eigenvalue weighted by atomic mass is 9.88. The number of rotatable bonds is 3. The zero-order valence-corrected chi connectivity index (χ0v) is 11.6. The summed E-state index contributed by atoms with van der Waals surface area (Å²) in [6.45, 7) is 5.93. The van der Waals surface area contributed by atoms with Gasteiger partial charge in [-0.15, -0.1) is 0 Å². The maximum absolute atomic E-state index is 12.3. The highest BCUT2D eigenvalue weighted by atomic mass is 16.2. The van der Waals surface area contributed by atoms with Crippen LogP contribution in [-0.2, 0) is 9.59 Å². The van der Waals surface area contributed by atoms with Crippen molar-refractivity contribution < 1.29 is 9.59 Å². The third-order valence-corrected chi connectivity index (χ3v) is 3.65. The maximum atomic E-state index is 12.3. The number of aryl methyl sites for hydroxylation is 1. The topological polar surface area (TPSA) is 58.2 Å². The number of benzene rings is 1. The molecule has 0 bridgehead atoms. The van der Waals surface area contributed by atoms with Gasteiger partial charge in [0.05, 0.1) is 5.92 Å². The highest BCUT2D eigenvalue weighted by Crippen LogP contribution is 2.34. The smallest absolute Gasteiger partial charge is 0.228 e. The standard InChI is InChI=1S/C15H20N2O2/c1-4-10(3)16-15(19)12-8-13(18)17-14-9(2)6-5-7-11(12)14/h5-7,10,12H,4,8H2,1-3H3,(H,16,19)(H,17,18). The molecule has 1 aromatic rings. The van der Waals surface area contributed by atoms with E-state index in [1.54, 1.807) is 0 Å². The largest absolute Gasteiger partial charge is 0.353 e. The van der Waals surface area contributed by atoms with E-state index in [0.717, 1.165) is 23.2 Å². The summed E-state index contributed by atoms with van der Waals surface area (Å²) in [5.74, 6) is -0.528. The number of carbonyl (C=O) groups is 2. The molecule has 2 amide bonds. The van der Waals surface area contributed by atoms with E-state index in [1.807, 2.05) is 39.0 Å². The molecule has 102 valence electrons. The number of nitrogens with one attached hydrogen (secondary N) is 2. The van der Waals surface area contributed by atoms with Crippen LogP contribution in [0.2, 0.25) is 0 Å². The van der Waals surface area contributed by atoms with Crippen molar-refractivity contribution in [2.45, 2.75) is 45.6 Å². The molecule has 0 fully saturated rings. The Morgan fingerprint density at radius 2 is 2.26 bits per heavy atom. The van der Waals surface area contributed by atoms with E-state index >= 15 is 0 Å². The van der Waals surface area contributed by atoms with Crippen molar-refractivity contribution in [1.29, 1.82) is 0 Å². The number of anilines is 1. The van der Waals surface area contributed by atoms with Gasteiger partial charge in [0.2, 0.25) is 11.8 Å². The molecular weight excluding hydrogens is 240 g/mol. The number of hydrogen-bond acceptors (Lipinski definition) is 2. The lowest BCUT2D eigenvalue weighted by molar-refractivity contribution is -0.126. The van der Waals surface area contributed by atoms with Crippen LogP contribution >= 0.6 is 0 Å². The fourth-order valence-electron chi connectivity index (χ4n) is 2.32. The lowest BCUT2D eigenvalue weighted by Crippen LogP contribution is -2.39. The fourth-order valence-corrected chi connectivity index (χ4v) is 2.32. The van der Waals surface area contributed by atoms with Crippen LogP contribution in [0.15, 0.2) is 18.2 Å². The summed E-state index contributed by atoms with van der Waals surface area (Å²) in [6.07, 6.45) is 1.10. The summed E-state index contributed by atoms with van der Waals surface area (Å²) >= 11 is 0. The van der Waals surface area contributed by atoms with Gasteiger partial charge in [-0.3, -0.25) is 9.59 Å². The number of amides is 2. The van der Waals surface area contributed by atoms with Crippen molar-refractivity contribution in [1.82, 2.24) is 5.32 Å². The molecule has 0 aromatic heterocycles. The van der Waals surface area contributed by atoms with Crippen LogP contribution in [0.5, 0.6) is 0 Å². The van der Waals surface area contributed by atoms with Crippen molar-refractivity contribution in [3.63, 3.8) is 0 Å². The number of para-hydroxylation sites is 1. The second-order valence-electron chi connectivity index (χ2n) is 5.16. The molecule has 1 aliphatic heterocycles. The van der Waals surface area contributed by atoms with Crippen LogP contribution in [0.1, 0.15) is 43.7 Å². The summed E-state index contributed by atoms with van der Waals surface area (Å²) in [5.41, 5.74) is 2.70. The molecule has 1 aliphatic rings. The molecule has 2 N–H and O–H groups in total. The molecule has 0 saturated heterocycles. The van der Waals surface area contributed by atoms with Crippen LogP contribution in [0.3, 0.4) is 0 Å². The number of fused-ring (bicyclic) bond motifs is 1. The van der Waals surface area contributed by atoms with Crippen molar-refractivity contribution in [2.24, 2.45) is 0 Å². The predicted molar refractivity (Wildman–Crippen MR) is 75.1 cm³/mol. The first-order valence-electron chi connectivity index (χ1n) is 6.72.